The molecule has 8 nitrogen and oxygen atoms in total. The Morgan fingerprint density at radius 1 is 1.22 bits per heavy atom. The number of nitrogens with zero attached hydrogens (tertiary/aromatic N) is 1. The van der Waals surface area contributed by atoms with E-state index in [1.807, 2.05) is 0 Å². The van der Waals surface area contributed by atoms with Crippen LogP contribution in [0, 0.1) is 0 Å². The van der Waals surface area contributed by atoms with Crippen LogP contribution in [0.15, 0.2) is 35.3 Å². The molecule has 0 amide bonds. The molecule has 3 aromatic rings. The van der Waals surface area contributed by atoms with Crippen LogP contribution >= 0.6 is 0 Å². The van der Waals surface area contributed by atoms with Gasteiger partial charge < -0.3 is 21.3 Å². The average Bonchev–Trinajstić information content (AvgIpc) is 2.88. The standard InChI is InChI=1S/C15H14N4O3.H2O/c16-15-18-12-11(13(20)19-15)10(7-17-12)6-3-8-1-4-9(5-2-8)14(21)22;/h1-2,4-5,7H,3,6H2,(H,21,22)(H4,16,17,18,19,20);1H2. The topological polar surface area (TPSA) is 156 Å². The number of rotatable bonds is 4. The first kappa shape index (κ1) is 16.2. The first-order valence-corrected chi connectivity index (χ1v) is 6.72. The van der Waals surface area contributed by atoms with Crippen molar-refractivity contribution in [2.75, 3.05) is 5.73 Å². The van der Waals surface area contributed by atoms with Gasteiger partial charge in [0.2, 0.25) is 5.95 Å². The molecule has 0 aliphatic heterocycles. The number of carboxylic acids is 1. The van der Waals surface area contributed by atoms with Crippen molar-refractivity contribution in [2.24, 2.45) is 0 Å². The fraction of sp³-hybridized carbons (Fsp3) is 0.133. The number of benzene rings is 1. The fourth-order valence-electron chi connectivity index (χ4n) is 2.41. The van der Waals surface area contributed by atoms with E-state index in [1.165, 1.54) is 0 Å². The maximum atomic E-state index is 12.0. The molecule has 0 aliphatic carbocycles. The largest absolute Gasteiger partial charge is 0.478 e. The zero-order chi connectivity index (χ0) is 15.7. The molecule has 0 saturated heterocycles. The Labute approximate surface area is 130 Å². The molecule has 1 aromatic carbocycles. The number of nitrogen functional groups attached to an aromatic ring is 1. The van der Waals surface area contributed by atoms with Gasteiger partial charge in [0.05, 0.1) is 10.9 Å². The number of aryl methyl sites for hydroxylation is 2. The number of aromatic amines is 2. The van der Waals surface area contributed by atoms with Gasteiger partial charge in [-0.3, -0.25) is 9.78 Å². The number of nitrogens with one attached hydrogen (secondary N) is 2. The Morgan fingerprint density at radius 3 is 2.57 bits per heavy atom. The lowest BCUT2D eigenvalue weighted by Gasteiger charge is -2.02. The van der Waals surface area contributed by atoms with Gasteiger partial charge in [0.25, 0.3) is 5.56 Å². The van der Waals surface area contributed by atoms with E-state index in [0.29, 0.717) is 23.9 Å². The summed E-state index contributed by atoms with van der Waals surface area (Å²) < 4.78 is 0. The third-order valence-electron chi connectivity index (χ3n) is 3.53. The first-order chi connectivity index (χ1) is 10.5. The van der Waals surface area contributed by atoms with Crippen molar-refractivity contribution in [3.8, 4) is 0 Å². The SMILES string of the molecule is Nc1nc2[nH]cc(CCc3ccc(C(=O)O)cc3)c2c(=O)[nH]1.O. The van der Waals surface area contributed by atoms with Gasteiger partial charge in [-0.15, -0.1) is 0 Å². The van der Waals surface area contributed by atoms with E-state index in [9.17, 15) is 9.59 Å². The molecule has 2 aromatic heterocycles. The zero-order valence-corrected chi connectivity index (χ0v) is 12.1. The molecular weight excluding hydrogens is 300 g/mol. The minimum absolute atomic E-state index is 0. The number of fused-ring (bicyclic) bond motifs is 1. The van der Waals surface area contributed by atoms with Crippen LogP contribution in [0.1, 0.15) is 21.5 Å². The van der Waals surface area contributed by atoms with Gasteiger partial charge in [0, 0.05) is 6.20 Å². The Balaban J connectivity index is 0.00000192. The van der Waals surface area contributed by atoms with Crippen molar-refractivity contribution in [1.82, 2.24) is 15.0 Å². The van der Waals surface area contributed by atoms with Crippen LogP contribution in [0.3, 0.4) is 0 Å². The van der Waals surface area contributed by atoms with Gasteiger partial charge in [0.15, 0.2) is 0 Å². The summed E-state index contributed by atoms with van der Waals surface area (Å²) in [5.41, 5.74) is 7.82. The Kier molecular flexibility index (Phi) is 4.47. The summed E-state index contributed by atoms with van der Waals surface area (Å²) in [4.78, 5) is 32.2. The van der Waals surface area contributed by atoms with Crippen molar-refractivity contribution in [3.05, 3.63) is 57.5 Å². The van der Waals surface area contributed by atoms with Gasteiger partial charge in [-0.2, -0.15) is 4.98 Å². The third-order valence-corrected chi connectivity index (χ3v) is 3.53. The number of hydrogen-bond acceptors (Lipinski definition) is 4. The Bertz CT molecular complexity index is 896. The van der Waals surface area contributed by atoms with Crippen molar-refractivity contribution >= 4 is 23.0 Å². The molecule has 0 radical (unpaired) electrons. The second kappa shape index (κ2) is 6.32. The lowest BCUT2D eigenvalue weighted by atomic mass is 10.0. The summed E-state index contributed by atoms with van der Waals surface area (Å²) in [5, 5.41) is 9.38. The molecule has 2 heterocycles. The highest BCUT2D eigenvalue weighted by atomic mass is 16.4. The molecule has 0 bridgehead atoms. The molecule has 8 heteroatoms. The van der Waals surface area contributed by atoms with E-state index >= 15 is 0 Å². The van der Waals surface area contributed by atoms with E-state index in [0.717, 1.165) is 11.1 Å². The second-order valence-corrected chi connectivity index (χ2v) is 4.99. The maximum absolute atomic E-state index is 12.0. The molecule has 0 saturated carbocycles. The third kappa shape index (κ3) is 3.22. The first-order valence-electron chi connectivity index (χ1n) is 6.72. The van der Waals surface area contributed by atoms with Crippen LogP contribution < -0.4 is 11.3 Å². The molecule has 23 heavy (non-hydrogen) atoms. The van der Waals surface area contributed by atoms with Crippen LogP contribution in [0.2, 0.25) is 0 Å². The smallest absolute Gasteiger partial charge is 0.335 e. The van der Waals surface area contributed by atoms with Crippen LogP contribution in [-0.2, 0) is 12.8 Å². The quantitative estimate of drug-likeness (QED) is 0.551. The zero-order valence-electron chi connectivity index (χ0n) is 12.1. The number of carbonyl (C=O) groups is 1. The van der Waals surface area contributed by atoms with E-state index in [2.05, 4.69) is 15.0 Å². The van der Waals surface area contributed by atoms with Crippen LogP contribution in [-0.4, -0.2) is 31.5 Å². The van der Waals surface area contributed by atoms with Gasteiger partial charge in [-0.1, -0.05) is 12.1 Å². The molecule has 0 atom stereocenters. The number of hydrogen-bond donors (Lipinski definition) is 4. The van der Waals surface area contributed by atoms with Crippen molar-refractivity contribution < 1.29 is 15.4 Å². The number of nitrogens with two attached hydrogens (primary N) is 1. The summed E-state index contributed by atoms with van der Waals surface area (Å²) in [6, 6.07) is 6.70. The number of anilines is 1. The van der Waals surface area contributed by atoms with Gasteiger partial charge >= 0.3 is 5.97 Å². The predicted octanol–water partition coefficient (Wildman–Crippen LogP) is 0.492. The minimum atomic E-state index is -0.946. The van der Waals surface area contributed by atoms with Gasteiger partial charge in [-0.05, 0) is 36.1 Å². The monoisotopic (exact) mass is 316 g/mol. The summed E-state index contributed by atoms with van der Waals surface area (Å²) in [7, 11) is 0. The highest BCUT2D eigenvalue weighted by Gasteiger charge is 2.10. The molecule has 3 rings (SSSR count). The molecular formula is C15H16N4O4. The van der Waals surface area contributed by atoms with Crippen LogP contribution in [0.5, 0.6) is 0 Å². The van der Waals surface area contributed by atoms with E-state index in [4.69, 9.17) is 10.8 Å². The normalized spacial score (nSPS) is 10.4. The van der Waals surface area contributed by atoms with E-state index < -0.39 is 5.97 Å². The van der Waals surface area contributed by atoms with Crippen LogP contribution in [0.25, 0.3) is 11.0 Å². The molecule has 7 N–H and O–H groups in total. The van der Waals surface area contributed by atoms with Crippen molar-refractivity contribution in [3.63, 3.8) is 0 Å². The van der Waals surface area contributed by atoms with Crippen molar-refractivity contribution in [1.29, 1.82) is 0 Å². The van der Waals surface area contributed by atoms with Gasteiger partial charge in [0.1, 0.15) is 5.65 Å². The lowest BCUT2D eigenvalue weighted by Crippen LogP contribution is -2.11. The molecule has 120 valence electrons. The van der Waals surface area contributed by atoms with Crippen molar-refractivity contribution in [2.45, 2.75) is 12.8 Å². The minimum Gasteiger partial charge on any atom is -0.478 e. The second-order valence-electron chi connectivity index (χ2n) is 4.99. The van der Waals surface area contributed by atoms with E-state index in [-0.39, 0.29) is 22.5 Å². The lowest BCUT2D eigenvalue weighted by molar-refractivity contribution is 0.0697. The number of aromatic nitrogens is 3. The highest BCUT2D eigenvalue weighted by Crippen LogP contribution is 2.15. The summed E-state index contributed by atoms with van der Waals surface area (Å²) >= 11 is 0. The van der Waals surface area contributed by atoms with Gasteiger partial charge in [-0.25, -0.2) is 4.79 Å². The number of H-pyrrole nitrogens is 2. The number of aromatic carboxylic acids is 1. The molecule has 0 fully saturated rings. The van der Waals surface area contributed by atoms with E-state index in [1.54, 1.807) is 30.5 Å². The molecule has 0 spiro atoms. The Hall–Kier alpha value is -3.13. The Morgan fingerprint density at radius 2 is 1.91 bits per heavy atom. The fourth-order valence-corrected chi connectivity index (χ4v) is 2.41. The van der Waals surface area contributed by atoms with Crippen LogP contribution in [0.4, 0.5) is 5.95 Å². The predicted molar refractivity (Wildman–Crippen MR) is 85.5 cm³/mol. The highest BCUT2D eigenvalue weighted by molar-refractivity contribution is 5.87. The molecule has 0 unspecified atom stereocenters. The molecule has 0 aliphatic rings. The summed E-state index contributed by atoms with van der Waals surface area (Å²) in [6.07, 6.45) is 3.08. The summed E-state index contributed by atoms with van der Waals surface area (Å²) in [6.45, 7) is 0. The number of carboxylic acid groups (broad SMARTS) is 1. The summed E-state index contributed by atoms with van der Waals surface area (Å²) in [5.74, 6) is -0.867. The average molecular weight is 316 g/mol. The maximum Gasteiger partial charge on any atom is 0.335 e.